The molecule has 0 spiro atoms. The molecular formula is C25H21ClN4O5. The number of carbonyl (C=O) groups is 4. The Labute approximate surface area is 205 Å². The summed E-state index contributed by atoms with van der Waals surface area (Å²) in [5, 5.41) is 3.33. The van der Waals surface area contributed by atoms with Crippen LogP contribution in [0.15, 0.2) is 60.3 Å². The number of barbiturate groups is 1. The van der Waals surface area contributed by atoms with Crippen molar-refractivity contribution in [3.8, 4) is 0 Å². The molecule has 0 saturated carbocycles. The van der Waals surface area contributed by atoms with Gasteiger partial charge in [0, 0.05) is 40.8 Å². The van der Waals surface area contributed by atoms with E-state index in [0.717, 1.165) is 15.8 Å². The number of nitrogens with zero attached hydrogens (tertiary/aromatic N) is 3. The maximum atomic E-state index is 13.2. The number of anilines is 1. The fourth-order valence-electron chi connectivity index (χ4n) is 4.24. The molecule has 3 aromatic rings. The number of benzene rings is 2. The summed E-state index contributed by atoms with van der Waals surface area (Å²) in [7, 11) is 0. The van der Waals surface area contributed by atoms with Crippen LogP contribution in [0, 0.1) is 0 Å². The third kappa shape index (κ3) is 4.43. The van der Waals surface area contributed by atoms with Gasteiger partial charge in [-0.2, -0.15) is 0 Å². The molecule has 0 atom stereocenters. The standard InChI is InChI=1S/C25H21ClN4O5/c26-17-4-3-5-18(13-17)30-24(33)20(23(32)27-25(30)34)12-16-14-29(21-7-2-1-6-19(16)21)15-22(31)28-8-10-35-11-9-28/h1-7,12-14H,8-11,15H2,(H,27,32,34)/b20-12-. The minimum absolute atomic E-state index is 0.0440. The van der Waals surface area contributed by atoms with Crippen LogP contribution < -0.4 is 10.2 Å². The molecule has 3 heterocycles. The Hall–Kier alpha value is -3.95. The molecule has 10 heteroatoms. The van der Waals surface area contributed by atoms with E-state index < -0.39 is 17.8 Å². The molecule has 1 aromatic heterocycles. The van der Waals surface area contributed by atoms with Gasteiger partial charge in [-0.25, -0.2) is 9.69 Å². The zero-order valence-electron chi connectivity index (χ0n) is 18.6. The van der Waals surface area contributed by atoms with Crippen LogP contribution in [-0.4, -0.2) is 59.5 Å². The molecule has 0 unspecified atom stereocenters. The third-order valence-corrected chi connectivity index (χ3v) is 6.19. The van der Waals surface area contributed by atoms with Crippen molar-refractivity contribution in [2.24, 2.45) is 0 Å². The third-order valence-electron chi connectivity index (χ3n) is 5.96. The van der Waals surface area contributed by atoms with Crippen LogP contribution in [0.3, 0.4) is 0 Å². The number of imide groups is 2. The smallest absolute Gasteiger partial charge is 0.335 e. The molecule has 5 rings (SSSR count). The van der Waals surface area contributed by atoms with Crippen molar-refractivity contribution >= 4 is 58.0 Å². The molecule has 0 bridgehead atoms. The number of morpholine rings is 1. The molecule has 5 amide bonds. The lowest BCUT2D eigenvalue weighted by Crippen LogP contribution is -2.54. The second-order valence-electron chi connectivity index (χ2n) is 8.16. The first kappa shape index (κ1) is 22.8. The van der Waals surface area contributed by atoms with Crippen LogP contribution in [-0.2, 0) is 25.7 Å². The van der Waals surface area contributed by atoms with Crippen molar-refractivity contribution in [3.63, 3.8) is 0 Å². The van der Waals surface area contributed by atoms with Crippen molar-refractivity contribution in [1.82, 2.24) is 14.8 Å². The van der Waals surface area contributed by atoms with E-state index in [0.29, 0.717) is 36.9 Å². The van der Waals surface area contributed by atoms with Crippen molar-refractivity contribution < 1.29 is 23.9 Å². The number of rotatable bonds is 4. The van der Waals surface area contributed by atoms with Crippen LogP contribution in [0.5, 0.6) is 0 Å². The summed E-state index contributed by atoms with van der Waals surface area (Å²) in [5.41, 5.74) is 1.41. The number of amides is 5. The summed E-state index contributed by atoms with van der Waals surface area (Å²) in [5.74, 6) is -1.60. The average Bonchev–Trinajstić information content (AvgIpc) is 3.19. The van der Waals surface area contributed by atoms with E-state index >= 15 is 0 Å². The molecule has 0 radical (unpaired) electrons. The molecule has 1 N–H and O–H groups in total. The molecule has 2 aliphatic heterocycles. The summed E-state index contributed by atoms with van der Waals surface area (Å²) >= 11 is 6.03. The molecule has 2 fully saturated rings. The molecule has 178 valence electrons. The largest absolute Gasteiger partial charge is 0.378 e. The fraction of sp³-hybridized carbons (Fsp3) is 0.200. The van der Waals surface area contributed by atoms with Gasteiger partial charge in [-0.3, -0.25) is 19.7 Å². The van der Waals surface area contributed by atoms with Crippen molar-refractivity contribution in [2.45, 2.75) is 6.54 Å². The van der Waals surface area contributed by atoms with E-state index in [-0.39, 0.29) is 23.7 Å². The van der Waals surface area contributed by atoms with E-state index in [1.165, 1.54) is 12.1 Å². The van der Waals surface area contributed by atoms with Crippen molar-refractivity contribution in [1.29, 1.82) is 0 Å². The van der Waals surface area contributed by atoms with Crippen LogP contribution >= 0.6 is 11.6 Å². The Morgan fingerprint density at radius 2 is 1.83 bits per heavy atom. The highest BCUT2D eigenvalue weighted by Crippen LogP contribution is 2.27. The minimum atomic E-state index is -0.849. The van der Waals surface area contributed by atoms with Crippen LogP contribution in [0.1, 0.15) is 5.56 Å². The number of urea groups is 1. The molecular weight excluding hydrogens is 472 g/mol. The van der Waals surface area contributed by atoms with Crippen molar-refractivity contribution in [2.75, 3.05) is 31.2 Å². The molecule has 9 nitrogen and oxygen atoms in total. The van der Waals surface area contributed by atoms with Gasteiger partial charge in [-0.05, 0) is 30.3 Å². The molecule has 0 aliphatic carbocycles. The zero-order valence-corrected chi connectivity index (χ0v) is 19.3. The Morgan fingerprint density at radius 3 is 2.60 bits per heavy atom. The topological polar surface area (TPSA) is 101 Å². The lowest BCUT2D eigenvalue weighted by molar-refractivity contribution is -0.135. The minimum Gasteiger partial charge on any atom is -0.378 e. The number of ether oxygens (including phenoxy) is 1. The van der Waals surface area contributed by atoms with Crippen molar-refractivity contribution in [3.05, 3.63) is 70.9 Å². The Kier molecular flexibility index (Phi) is 6.10. The van der Waals surface area contributed by atoms with Crippen LogP contribution in [0.4, 0.5) is 10.5 Å². The van der Waals surface area contributed by atoms with Gasteiger partial charge >= 0.3 is 6.03 Å². The highest BCUT2D eigenvalue weighted by Gasteiger charge is 2.37. The van der Waals surface area contributed by atoms with Gasteiger partial charge in [-0.15, -0.1) is 0 Å². The number of para-hydroxylation sites is 1. The van der Waals surface area contributed by atoms with Crippen LogP contribution in [0.2, 0.25) is 5.02 Å². The summed E-state index contributed by atoms with van der Waals surface area (Å²) in [6, 6.07) is 12.8. The van der Waals surface area contributed by atoms with E-state index in [4.69, 9.17) is 16.3 Å². The fourth-order valence-corrected chi connectivity index (χ4v) is 4.43. The summed E-state index contributed by atoms with van der Waals surface area (Å²) in [6.45, 7) is 2.20. The van der Waals surface area contributed by atoms with E-state index in [1.807, 2.05) is 24.3 Å². The maximum absolute atomic E-state index is 13.2. The first-order valence-corrected chi connectivity index (χ1v) is 11.4. The van der Waals surface area contributed by atoms with Gasteiger partial charge < -0.3 is 14.2 Å². The number of hydrogen-bond donors (Lipinski definition) is 1. The normalized spacial score (nSPS) is 17.9. The van der Waals surface area contributed by atoms with Gasteiger partial charge in [0.05, 0.1) is 18.9 Å². The van der Waals surface area contributed by atoms with E-state index in [2.05, 4.69) is 5.32 Å². The highest BCUT2D eigenvalue weighted by molar-refractivity contribution is 6.39. The number of aromatic nitrogens is 1. The molecule has 2 saturated heterocycles. The molecule has 2 aliphatic rings. The summed E-state index contributed by atoms with van der Waals surface area (Å²) in [4.78, 5) is 53.8. The summed E-state index contributed by atoms with van der Waals surface area (Å²) in [6.07, 6.45) is 3.18. The number of carbonyl (C=O) groups excluding carboxylic acids is 4. The second-order valence-corrected chi connectivity index (χ2v) is 8.60. The number of fused-ring (bicyclic) bond motifs is 1. The number of nitrogens with one attached hydrogen (secondary N) is 1. The number of hydrogen-bond acceptors (Lipinski definition) is 5. The average molecular weight is 493 g/mol. The lowest BCUT2D eigenvalue weighted by atomic mass is 10.1. The Bertz CT molecular complexity index is 1390. The van der Waals surface area contributed by atoms with E-state index in [1.54, 1.807) is 33.9 Å². The van der Waals surface area contributed by atoms with Gasteiger partial charge in [-0.1, -0.05) is 35.9 Å². The lowest BCUT2D eigenvalue weighted by Gasteiger charge is -2.27. The molecule has 2 aromatic carbocycles. The Morgan fingerprint density at radius 1 is 1.06 bits per heavy atom. The maximum Gasteiger partial charge on any atom is 0.335 e. The van der Waals surface area contributed by atoms with Gasteiger partial charge in [0.15, 0.2) is 0 Å². The highest BCUT2D eigenvalue weighted by atomic mass is 35.5. The monoisotopic (exact) mass is 492 g/mol. The zero-order chi connectivity index (χ0) is 24.5. The SMILES string of the molecule is O=C1NC(=O)N(c2cccc(Cl)c2)C(=O)/C1=C\c1cn(CC(=O)N2CCOCC2)c2ccccc12. The second kappa shape index (κ2) is 9.36. The number of halogens is 1. The summed E-state index contributed by atoms with van der Waals surface area (Å²) < 4.78 is 7.12. The quantitative estimate of drug-likeness (QED) is 0.446. The predicted octanol–water partition coefficient (Wildman–Crippen LogP) is 2.82. The van der Waals surface area contributed by atoms with E-state index in [9.17, 15) is 19.2 Å². The first-order chi connectivity index (χ1) is 16.9. The first-order valence-electron chi connectivity index (χ1n) is 11.0. The predicted molar refractivity (Wildman–Crippen MR) is 130 cm³/mol. The Balaban J connectivity index is 1.51. The van der Waals surface area contributed by atoms with Gasteiger partial charge in [0.25, 0.3) is 11.8 Å². The van der Waals surface area contributed by atoms with Gasteiger partial charge in [0.2, 0.25) is 5.91 Å². The van der Waals surface area contributed by atoms with Crippen LogP contribution in [0.25, 0.3) is 17.0 Å². The molecule has 35 heavy (non-hydrogen) atoms. The van der Waals surface area contributed by atoms with Gasteiger partial charge in [0.1, 0.15) is 12.1 Å².